The molecule has 0 aromatic carbocycles. The molecule has 20 heavy (non-hydrogen) atoms. The maximum Gasteiger partial charge on any atom is 0.329 e. The van der Waals surface area contributed by atoms with Gasteiger partial charge in [-0.15, -0.1) is 0 Å². The maximum atomic E-state index is 12.7. The van der Waals surface area contributed by atoms with Crippen molar-refractivity contribution in [3.63, 3.8) is 0 Å². The Morgan fingerprint density at radius 1 is 1.40 bits per heavy atom. The Hall–Kier alpha value is -1.78. The van der Waals surface area contributed by atoms with Gasteiger partial charge in [-0.2, -0.15) is 0 Å². The molecule has 1 aromatic heterocycles. The van der Waals surface area contributed by atoms with Gasteiger partial charge in [-0.05, 0) is 44.7 Å². The first-order valence-corrected chi connectivity index (χ1v) is 7.21. The average molecular weight is 278 g/mol. The van der Waals surface area contributed by atoms with Gasteiger partial charge in [0.05, 0.1) is 0 Å². The fourth-order valence-electron chi connectivity index (χ4n) is 2.85. The van der Waals surface area contributed by atoms with Crippen LogP contribution in [0.1, 0.15) is 50.0 Å². The van der Waals surface area contributed by atoms with Gasteiger partial charge >= 0.3 is 5.97 Å². The first kappa shape index (κ1) is 14.6. The molecule has 110 valence electrons. The number of carbonyl (C=O) groups is 2. The lowest BCUT2D eigenvalue weighted by Crippen LogP contribution is -2.57. The fraction of sp³-hybridized carbons (Fsp3) is 0.600. The highest BCUT2D eigenvalue weighted by Crippen LogP contribution is 2.29. The summed E-state index contributed by atoms with van der Waals surface area (Å²) in [5, 5.41) is 9.49. The van der Waals surface area contributed by atoms with Crippen molar-refractivity contribution < 1.29 is 14.7 Å². The third kappa shape index (κ3) is 2.44. The quantitative estimate of drug-likeness (QED) is 0.919. The molecular weight excluding hydrogens is 256 g/mol. The van der Waals surface area contributed by atoms with Gasteiger partial charge < -0.3 is 14.6 Å². The minimum absolute atomic E-state index is 0.173. The zero-order valence-electron chi connectivity index (χ0n) is 12.1. The van der Waals surface area contributed by atoms with Crippen molar-refractivity contribution in [3.8, 4) is 0 Å². The third-order valence-corrected chi connectivity index (χ3v) is 4.11. The molecule has 1 aliphatic heterocycles. The van der Waals surface area contributed by atoms with E-state index >= 15 is 0 Å². The number of hydrogen-bond acceptors (Lipinski definition) is 2. The van der Waals surface area contributed by atoms with Crippen LogP contribution in [0, 0.1) is 0 Å². The van der Waals surface area contributed by atoms with Gasteiger partial charge in [-0.1, -0.05) is 6.92 Å². The van der Waals surface area contributed by atoms with Gasteiger partial charge in [0.15, 0.2) is 0 Å². The van der Waals surface area contributed by atoms with Gasteiger partial charge in [-0.25, -0.2) is 4.79 Å². The van der Waals surface area contributed by atoms with Crippen molar-refractivity contribution in [2.24, 2.45) is 0 Å². The topological polar surface area (TPSA) is 62.5 Å². The molecule has 0 spiro atoms. The van der Waals surface area contributed by atoms with E-state index in [0.717, 1.165) is 25.8 Å². The summed E-state index contributed by atoms with van der Waals surface area (Å²) in [4.78, 5) is 25.8. The molecule has 5 nitrogen and oxygen atoms in total. The molecular formula is C15H22N2O3. The average Bonchev–Trinajstić information content (AvgIpc) is 2.87. The van der Waals surface area contributed by atoms with Crippen LogP contribution >= 0.6 is 0 Å². The second kappa shape index (κ2) is 5.69. The van der Waals surface area contributed by atoms with E-state index < -0.39 is 11.5 Å². The number of nitrogens with zero attached hydrogens (tertiary/aromatic N) is 2. The summed E-state index contributed by atoms with van der Waals surface area (Å²) in [6.07, 6.45) is 5.04. The van der Waals surface area contributed by atoms with E-state index in [1.807, 2.05) is 16.8 Å². The Balaban J connectivity index is 2.30. The number of carboxylic acids is 1. The summed E-state index contributed by atoms with van der Waals surface area (Å²) < 4.78 is 1.90. The minimum Gasteiger partial charge on any atom is -0.480 e. The van der Waals surface area contributed by atoms with Crippen molar-refractivity contribution >= 4 is 11.9 Å². The number of amides is 1. The van der Waals surface area contributed by atoms with Gasteiger partial charge in [0.25, 0.3) is 5.91 Å². The summed E-state index contributed by atoms with van der Waals surface area (Å²) in [6.45, 7) is 4.99. The van der Waals surface area contributed by atoms with E-state index in [1.165, 1.54) is 4.90 Å². The molecule has 1 fully saturated rings. The number of aryl methyl sites for hydroxylation is 1. The number of aromatic nitrogens is 1. The highest BCUT2D eigenvalue weighted by Gasteiger charge is 2.44. The van der Waals surface area contributed by atoms with E-state index in [4.69, 9.17) is 0 Å². The molecule has 0 aliphatic carbocycles. The standard InChI is InChI=1S/C15H22N2O3/c1-3-9-16-10-6-7-12(16)13(18)17-11-5-4-8-15(17,2)14(19)20/h6-7,10H,3-5,8-9,11H2,1-2H3,(H,19,20). The molecule has 1 amide bonds. The summed E-state index contributed by atoms with van der Waals surface area (Å²) >= 11 is 0. The zero-order valence-corrected chi connectivity index (χ0v) is 12.1. The molecule has 5 heteroatoms. The van der Waals surface area contributed by atoms with Gasteiger partial charge in [0, 0.05) is 19.3 Å². The van der Waals surface area contributed by atoms with Crippen molar-refractivity contribution in [2.45, 2.75) is 51.6 Å². The molecule has 2 rings (SSSR count). The van der Waals surface area contributed by atoms with Crippen molar-refractivity contribution in [1.82, 2.24) is 9.47 Å². The number of carboxylic acid groups (broad SMARTS) is 1. The monoisotopic (exact) mass is 278 g/mol. The molecule has 1 saturated heterocycles. The van der Waals surface area contributed by atoms with Gasteiger partial charge in [-0.3, -0.25) is 4.79 Å². The number of rotatable bonds is 4. The van der Waals surface area contributed by atoms with Crippen LogP contribution in [0.2, 0.25) is 0 Å². The van der Waals surface area contributed by atoms with Crippen molar-refractivity contribution in [2.75, 3.05) is 6.54 Å². The van der Waals surface area contributed by atoms with Crippen molar-refractivity contribution in [1.29, 1.82) is 0 Å². The van der Waals surface area contributed by atoms with Crippen LogP contribution in [0.4, 0.5) is 0 Å². The van der Waals surface area contributed by atoms with Crippen LogP contribution in [-0.4, -0.2) is 38.5 Å². The van der Waals surface area contributed by atoms with Crippen LogP contribution in [0.3, 0.4) is 0 Å². The minimum atomic E-state index is -1.09. The van der Waals surface area contributed by atoms with Crippen molar-refractivity contribution in [3.05, 3.63) is 24.0 Å². The van der Waals surface area contributed by atoms with Crippen LogP contribution in [0.25, 0.3) is 0 Å². The lowest BCUT2D eigenvalue weighted by molar-refractivity contribution is -0.150. The second-order valence-electron chi connectivity index (χ2n) is 5.58. The Morgan fingerprint density at radius 2 is 2.15 bits per heavy atom. The molecule has 1 atom stereocenters. The van der Waals surface area contributed by atoms with E-state index in [-0.39, 0.29) is 5.91 Å². The normalized spacial score (nSPS) is 22.8. The highest BCUT2D eigenvalue weighted by molar-refractivity contribution is 5.96. The predicted octanol–water partition coefficient (Wildman–Crippen LogP) is 2.37. The summed E-state index contributed by atoms with van der Waals surface area (Å²) in [7, 11) is 0. The Labute approximate surface area is 119 Å². The molecule has 1 N–H and O–H groups in total. The number of likely N-dealkylation sites (tertiary alicyclic amines) is 1. The van der Waals surface area contributed by atoms with E-state index in [2.05, 4.69) is 6.92 Å². The molecule has 0 radical (unpaired) electrons. The SMILES string of the molecule is CCCn1cccc1C(=O)N1CCCCC1(C)C(=O)O. The number of piperidine rings is 1. The van der Waals surface area contributed by atoms with Crippen LogP contribution in [-0.2, 0) is 11.3 Å². The molecule has 0 bridgehead atoms. The second-order valence-corrected chi connectivity index (χ2v) is 5.58. The lowest BCUT2D eigenvalue weighted by atomic mass is 9.88. The van der Waals surface area contributed by atoms with Crippen LogP contribution < -0.4 is 0 Å². The molecule has 1 aromatic rings. The Bertz CT molecular complexity index is 509. The van der Waals surface area contributed by atoms with E-state index in [9.17, 15) is 14.7 Å². The molecule has 1 unspecified atom stereocenters. The third-order valence-electron chi connectivity index (χ3n) is 4.11. The van der Waals surface area contributed by atoms with E-state index in [0.29, 0.717) is 18.7 Å². The Kier molecular flexibility index (Phi) is 4.16. The van der Waals surface area contributed by atoms with Gasteiger partial charge in [0.1, 0.15) is 11.2 Å². The molecule has 2 heterocycles. The number of hydrogen-bond donors (Lipinski definition) is 1. The molecule has 0 saturated carbocycles. The largest absolute Gasteiger partial charge is 0.480 e. The van der Waals surface area contributed by atoms with E-state index in [1.54, 1.807) is 13.0 Å². The number of carbonyl (C=O) groups excluding carboxylic acids is 1. The van der Waals surface area contributed by atoms with Crippen LogP contribution in [0.15, 0.2) is 18.3 Å². The number of aliphatic carboxylic acids is 1. The van der Waals surface area contributed by atoms with Gasteiger partial charge in [0.2, 0.25) is 0 Å². The smallest absolute Gasteiger partial charge is 0.329 e. The maximum absolute atomic E-state index is 12.7. The fourth-order valence-corrected chi connectivity index (χ4v) is 2.85. The first-order valence-electron chi connectivity index (χ1n) is 7.21. The summed E-state index contributed by atoms with van der Waals surface area (Å²) in [5.41, 5.74) is -0.502. The lowest BCUT2D eigenvalue weighted by Gasteiger charge is -2.41. The summed E-state index contributed by atoms with van der Waals surface area (Å²) in [6, 6.07) is 3.61. The predicted molar refractivity (Wildman–Crippen MR) is 75.7 cm³/mol. The first-order chi connectivity index (χ1) is 9.50. The highest BCUT2D eigenvalue weighted by atomic mass is 16.4. The van der Waals surface area contributed by atoms with Crippen LogP contribution in [0.5, 0.6) is 0 Å². The summed E-state index contributed by atoms with van der Waals surface area (Å²) in [5.74, 6) is -1.09. The zero-order chi connectivity index (χ0) is 14.8. The molecule has 1 aliphatic rings. The Morgan fingerprint density at radius 3 is 2.80 bits per heavy atom.